The van der Waals surface area contributed by atoms with Crippen molar-refractivity contribution < 1.29 is 4.74 Å². The highest BCUT2D eigenvalue weighted by molar-refractivity contribution is 5.85. The maximum Gasteiger partial charge on any atom is 0.0866 e. The van der Waals surface area contributed by atoms with E-state index < -0.39 is 0 Å². The Morgan fingerprint density at radius 1 is 1.00 bits per heavy atom. The number of hydrogen-bond acceptors (Lipinski definition) is 4. The summed E-state index contributed by atoms with van der Waals surface area (Å²) in [4.78, 5) is 12.3. The van der Waals surface area contributed by atoms with Crippen molar-refractivity contribution in [2.75, 3.05) is 37.7 Å². The standard InChI is InChI=1S/C38H40N4O/c1-2-22-19-40-14-11-25-24-7-3-5-9-30(24)39-35(25)32(40)17-26(22)28-21-42-31-10-6-4-8-29(31)38-13-15-41-20-23-12-16-43-36(28)34(37(38)42)27(23)18-33(38)41/h2-10,12,21,26-27,32-34,36-37,39H,11,13-20H2,1H3. The molecule has 5 heteroatoms. The Morgan fingerprint density at radius 2 is 1.91 bits per heavy atom. The highest BCUT2D eigenvalue weighted by atomic mass is 16.5. The SMILES string of the molecule is CC=C1CN2CCc3c([nH]c4ccccc34)C2CC1C1=CN2c3ccccc3C34CCN5CC6=CCOC1C(C6CC53)C24. The minimum atomic E-state index is 0.191. The molecule has 0 amide bonds. The number of nitrogens with one attached hydrogen (secondary N) is 1. The van der Waals surface area contributed by atoms with Crippen LogP contribution in [0.4, 0.5) is 5.69 Å². The summed E-state index contributed by atoms with van der Waals surface area (Å²) in [6.07, 6.45) is 12.6. The first-order valence-corrected chi connectivity index (χ1v) is 16.9. The van der Waals surface area contributed by atoms with Crippen LogP contribution in [0.2, 0.25) is 0 Å². The molecule has 3 aromatic rings. The zero-order chi connectivity index (χ0) is 28.0. The number of aromatic nitrogens is 1. The van der Waals surface area contributed by atoms with E-state index in [1.165, 1.54) is 41.7 Å². The number of H-pyrrole nitrogens is 1. The van der Waals surface area contributed by atoms with Gasteiger partial charge in [-0.15, -0.1) is 0 Å². The lowest BCUT2D eigenvalue weighted by molar-refractivity contribution is -0.0331. The van der Waals surface area contributed by atoms with E-state index in [9.17, 15) is 0 Å². The zero-order valence-electron chi connectivity index (χ0n) is 25.0. The highest BCUT2D eigenvalue weighted by Crippen LogP contribution is 2.66. The molecule has 4 fully saturated rings. The van der Waals surface area contributed by atoms with Crippen molar-refractivity contribution in [3.63, 3.8) is 0 Å². The minimum Gasteiger partial charge on any atom is -0.369 e. The van der Waals surface area contributed by atoms with Crippen molar-refractivity contribution in [3.05, 3.63) is 100 Å². The molecule has 1 aromatic heterocycles. The lowest BCUT2D eigenvalue weighted by Crippen LogP contribution is -2.67. The second kappa shape index (κ2) is 8.32. The fraction of sp³-hybridized carbons (Fsp3) is 0.474. The zero-order valence-corrected chi connectivity index (χ0v) is 25.0. The summed E-state index contributed by atoms with van der Waals surface area (Å²) in [5.41, 5.74) is 12.5. The van der Waals surface area contributed by atoms with Crippen LogP contribution >= 0.6 is 0 Å². The first-order chi connectivity index (χ1) is 21.2. The molecule has 8 atom stereocenters. The molecule has 2 aromatic carbocycles. The van der Waals surface area contributed by atoms with Crippen molar-refractivity contribution >= 4 is 16.6 Å². The Hall–Kier alpha value is -3.12. The normalized spacial score (nSPS) is 39.7. The Balaban J connectivity index is 1.08. The van der Waals surface area contributed by atoms with Crippen molar-refractivity contribution in [2.45, 2.75) is 62.3 Å². The molecule has 2 bridgehead atoms. The average molecular weight is 569 g/mol. The molecule has 1 N–H and O–H groups in total. The molecule has 1 saturated carbocycles. The maximum absolute atomic E-state index is 7.10. The van der Waals surface area contributed by atoms with Gasteiger partial charge in [-0.3, -0.25) is 9.80 Å². The van der Waals surface area contributed by atoms with Crippen molar-refractivity contribution in [2.24, 2.45) is 17.8 Å². The van der Waals surface area contributed by atoms with Gasteiger partial charge in [-0.25, -0.2) is 0 Å². The number of hydrogen-bond donors (Lipinski definition) is 1. The predicted octanol–water partition coefficient (Wildman–Crippen LogP) is 6.11. The molecule has 11 rings (SSSR count). The molecule has 43 heavy (non-hydrogen) atoms. The van der Waals surface area contributed by atoms with Gasteiger partial charge in [-0.1, -0.05) is 59.7 Å². The number of aromatic amines is 1. The Bertz CT molecular complexity index is 1800. The number of allylic oxidation sites excluding steroid dienone is 1. The molecule has 0 radical (unpaired) electrons. The van der Waals surface area contributed by atoms with Crippen LogP contribution in [0.1, 0.15) is 49.0 Å². The molecule has 1 aliphatic carbocycles. The van der Waals surface area contributed by atoms with Gasteiger partial charge in [0.2, 0.25) is 0 Å². The molecular formula is C38H40N4O. The van der Waals surface area contributed by atoms with Crippen molar-refractivity contribution in [1.82, 2.24) is 14.8 Å². The topological polar surface area (TPSA) is 34.7 Å². The van der Waals surface area contributed by atoms with E-state index in [4.69, 9.17) is 4.74 Å². The van der Waals surface area contributed by atoms with Crippen LogP contribution in [-0.4, -0.2) is 65.8 Å². The van der Waals surface area contributed by atoms with Gasteiger partial charge in [0.05, 0.1) is 24.8 Å². The number of fused-ring (bicyclic) bond motifs is 7. The summed E-state index contributed by atoms with van der Waals surface area (Å²) in [6.45, 7) is 7.63. The van der Waals surface area contributed by atoms with Crippen LogP contribution < -0.4 is 4.90 Å². The second-order valence-corrected chi connectivity index (χ2v) is 14.7. The number of nitrogens with zero attached hydrogens (tertiary/aromatic N) is 3. The van der Waals surface area contributed by atoms with E-state index in [1.807, 2.05) is 0 Å². The molecule has 8 heterocycles. The summed E-state index contributed by atoms with van der Waals surface area (Å²) in [6, 6.07) is 20.0. The quantitative estimate of drug-likeness (QED) is 0.360. The largest absolute Gasteiger partial charge is 0.369 e. The molecule has 8 unspecified atom stereocenters. The number of rotatable bonds is 1. The van der Waals surface area contributed by atoms with Crippen LogP contribution in [0.25, 0.3) is 10.9 Å². The van der Waals surface area contributed by atoms with Gasteiger partial charge in [-0.2, -0.15) is 0 Å². The van der Waals surface area contributed by atoms with Gasteiger partial charge in [0.15, 0.2) is 0 Å². The first kappa shape index (κ1) is 24.2. The molecule has 5 nitrogen and oxygen atoms in total. The summed E-state index contributed by atoms with van der Waals surface area (Å²) < 4.78 is 7.10. The Labute approximate surface area is 253 Å². The van der Waals surface area contributed by atoms with Crippen molar-refractivity contribution in [1.29, 1.82) is 0 Å². The van der Waals surface area contributed by atoms with Gasteiger partial charge in [0.25, 0.3) is 0 Å². The minimum absolute atomic E-state index is 0.191. The molecule has 1 spiro atoms. The maximum atomic E-state index is 7.10. The van der Waals surface area contributed by atoms with E-state index in [2.05, 4.69) is 93.5 Å². The monoisotopic (exact) mass is 568 g/mol. The first-order valence-electron chi connectivity index (χ1n) is 16.9. The van der Waals surface area contributed by atoms with E-state index in [0.717, 1.165) is 39.1 Å². The number of para-hydroxylation sites is 2. The molecule has 8 aliphatic rings. The van der Waals surface area contributed by atoms with Gasteiger partial charge in [0.1, 0.15) is 0 Å². The average Bonchev–Trinajstić information content (AvgIpc) is 3.67. The molecule has 3 saturated heterocycles. The van der Waals surface area contributed by atoms with Crippen LogP contribution in [-0.2, 0) is 16.6 Å². The number of benzene rings is 2. The third-order valence-electron chi connectivity index (χ3n) is 13.5. The van der Waals surface area contributed by atoms with Gasteiger partial charge >= 0.3 is 0 Å². The molecular weight excluding hydrogens is 528 g/mol. The molecule has 218 valence electrons. The van der Waals surface area contributed by atoms with E-state index in [0.29, 0.717) is 35.9 Å². The lowest BCUT2D eigenvalue weighted by atomic mass is 9.53. The number of anilines is 1. The van der Waals surface area contributed by atoms with Crippen LogP contribution in [0.15, 0.2) is 83.6 Å². The van der Waals surface area contributed by atoms with Crippen molar-refractivity contribution in [3.8, 4) is 0 Å². The summed E-state index contributed by atoms with van der Waals surface area (Å²) >= 11 is 0. The summed E-state index contributed by atoms with van der Waals surface area (Å²) in [5, 5.41) is 1.43. The third-order valence-corrected chi connectivity index (χ3v) is 13.5. The summed E-state index contributed by atoms with van der Waals surface area (Å²) in [7, 11) is 0. The van der Waals surface area contributed by atoms with Gasteiger partial charge in [-0.05, 0) is 73.9 Å². The van der Waals surface area contributed by atoms with Crippen LogP contribution in [0, 0.1) is 17.8 Å². The highest BCUT2D eigenvalue weighted by Gasteiger charge is 2.70. The van der Waals surface area contributed by atoms with E-state index in [1.54, 1.807) is 27.8 Å². The van der Waals surface area contributed by atoms with Gasteiger partial charge < -0.3 is 14.6 Å². The second-order valence-electron chi connectivity index (χ2n) is 14.7. The number of piperidine rings is 2. The predicted molar refractivity (Wildman–Crippen MR) is 170 cm³/mol. The molecule has 7 aliphatic heterocycles. The smallest absolute Gasteiger partial charge is 0.0866 e. The van der Waals surface area contributed by atoms with E-state index in [-0.39, 0.29) is 11.5 Å². The third kappa shape index (κ3) is 2.86. The van der Waals surface area contributed by atoms with Gasteiger partial charge in [0, 0.05) is 71.4 Å². The fourth-order valence-electron chi connectivity index (χ4n) is 11.9. The van der Waals surface area contributed by atoms with E-state index >= 15 is 0 Å². The Morgan fingerprint density at radius 3 is 2.86 bits per heavy atom. The van der Waals surface area contributed by atoms with Crippen LogP contribution in [0.5, 0.6) is 0 Å². The lowest BCUT2D eigenvalue weighted by Gasteiger charge is -2.59. The summed E-state index contributed by atoms with van der Waals surface area (Å²) in [5.74, 6) is 1.56. The Kier molecular flexibility index (Phi) is 4.69. The number of ether oxygens (including phenoxy) is 1. The van der Waals surface area contributed by atoms with Crippen LogP contribution in [0.3, 0.4) is 0 Å². The fourth-order valence-corrected chi connectivity index (χ4v) is 11.9.